The molecule has 0 spiro atoms. The van der Waals surface area contributed by atoms with Gasteiger partial charge in [-0.05, 0) is 53.8 Å². The number of imide groups is 1. The quantitative estimate of drug-likeness (QED) is 0.407. The second-order valence-electron chi connectivity index (χ2n) is 10.4. The van der Waals surface area contributed by atoms with Crippen molar-refractivity contribution in [3.63, 3.8) is 0 Å². The molecule has 39 heavy (non-hydrogen) atoms. The van der Waals surface area contributed by atoms with E-state index in [1.165, 1.54) is 23.3 Å². The van der Waals surface area contributed by atoms with Crippen molar-refractivity contribution < 1.29 is 23.9 Å². The summed E-state index contributed by atoms with van der Waals surface area (Å²) in [5.74, 6) is -1.29. The van der Waals surface area contributed by atoms with Crippen LogP contribution in [0.3, 0.4) is 0 Å². The molecule has 3 aliphatic rings. The lowest BCUT2D eigenvalue weighted by Gasteiger charge is -2.39. The van der Waals surface area contributed by atoms with E-state index >= 15 is 0 Å². The lowest BCUT2D eigenvalue weighted by atomic mass is 9.91. The van der Waals surface area contributed by atoms with Gasteiger partial charge < -0.3 is 15.7 Å². The van der Waals surface area contributed by atoms with Crippen LogP contribution in [0, 0.1) is 5.82 Å². The summed E-state index contributed by atoms with van der Waals surface area (Å²) in [6.07, 6.45) is -0.466. The van der Waals surface area contributed by atoms with Crippen molar-refractivity contribution in [2.24, 2.45) is 0 Å². The molecule has 9 heteroatoms. The number of rotatable bonds is 7. The average molecular weight is 529 g/mol. The molecule has 3 aliphatic heterocycles. The molecule has 0 bridgehead atoms. The van der Waals surface area contributed by atoms with Gasteiger partial charge >= 0.3 is 0 Å². The first kappa shape index (κ1) is 25.2. The Morgan fingerprint density at radius 2 is 1.62 bits per heavy atom. The van der Waals surface area contributed by atoms with Crippen molar-refractivity contribution in [3.8, 4) is 0 Å². The topological polar surface area (TPSA) is 102 Å². The monoisotopic (exact) mass is 528 g/mol. The summed E-state index contributed by atoms with van der Waals surface area (Å²) >= 11 is 0. The normalized spacial score (nSPS) is 21.5. The molecule has 3 amide bonds. The van der Waals surface area contributed by atoms with Gasteiger partial charge in [0.05, 0.1) is 11.1 Å². The largest absolute Gasteiger partial charge is 0.380 e. The maximum absolute atomic E-state index is 13.3. The average Bonchev–Trinajstić information content (AvgIpc) is 3.16. The van der Waals surface area contributed by atoms with Gasteiger partial charge in [-0.3, -0.25) is 24.2 Å². The molecule has 2 fully saturated rings. The number of piperidine rings is 1. The van der Waals surface area contributed by atoms with E-state index in [0.717, 1.165) is 30.1 Å². The fourth-order valence-corrected chi connectivity index (χ4v) is 5.62. The van der Waals surface area contributed by atoms with Crippen LogP contribution in [0.15, 0.2) is 66.7 Å². The number of carbonyl (C=O) groups is 3. The molecule has 3 aromatic carbocycles. The van der Waals surface area contributed by atoms with Crippen LogP contribution in [0.1, 0.15) is 56.2 Å². The van der Waals surface area contributed by atoms with Crippen molar-refractivity contribution in [3.05, 3.63) is 100 Å². The first-order valence-corrected chi connectivity index (χ1v) is 13.2. The van der Waals surface area contributed by atoms with Gasteiger partial charge in [-0.25, -0.2) is 4.39 Å². The van der Waals surface area contributed by atoms with E-state index in [9.17, 15) is 23.9 Å². The predicted molar refractivity (Wildman–Crippen MR) is 142 cm³/mol. The Kier molecular flexibility index (Phi) is 6.62. The maximum atomic E-state index is 13.3. The molecular formula is C30H29FN4O4. The molecule has 0 saturated carbocycles. The van der Waals surface area contributed by atoms with Crippen molar-refractivity contribution in [2.75, 3.05) is 18.4 Å². The highest BCUT2D eigenvalue weighted by Crippen LogP contribution is 2.33. The van der Waals surface area contributed by atoms with E-state index in [1.54, 1.807) is 18.2 Å². The molecule has 8 nitrogen and oxygen atoms in total. The van der Waals surface area contributed by atoms with Gasteiger partial charge in [0.15, 0.2) is 0 Å². The Hall–Kier alpha value is -4.08. The Labute approximate surface area is 225 Å². The molecular weight excluding hydrogens is 499 g/mol. The van der Waals surface area contributed by atoms with E-state index in [4.69, 9.17) is 0 Å². The van der Waals surface area contributed by atoms with Crippen LogP contribution >= 0.6 is 0 Å². The summed E-state index contributed by atoms with van der Waals surface area (Å²) in [5.41, 5.74) is 4.48. The van der Waals surface area contributed by atoms with Crippen LogP contribution in [0.25, 0.3) is 0 Å². The molecule has 3 N–H and O–H groups in total. The molecule has 6 rings (SSSR count). The van der Waals surface area contributed by atoms with E-state index in [1.807, 2.05) is 24.3 Å². The fourth-order valence-electron chi connectivity index (χ4n) is 5.62. The molecule has 2 atom stereocenters. The van der Waals surface area contributed by atoms with E-state index in [2.05, 4.69) is 27.7 Å². The number of likely N-dealkylation sites (tertiary alicyclic amines) is 1. The van der Waals surface area contributed by atoms with E-state index in [-0.39, 0.29) is 29.8 Å². The summed E-state index contributed by atoms with van der Waals surface area (Å²) in [7, 11) is 0. The highest BCUT2D eigenvalue weighted by atomic mass is 19.1. The molecule has 2 saturated heterocycles. The number of aliphatic hydroxyl groups excluding tert-OH is 1. The van der Waals surface area contributed by atoms with E-state index in [0.29, 0.717) is 18.2 Å². The molecule has 3 heterocycles. The first-order chi connectivity index (χ1) is 18.9. The number of benzene rings is 3. The number of fused-ring (bicyclic) bond motifs is 1. The summed E-state index contributed by atoms with van der Waals surface area (Å²) < 4.78 is 13.2. The van der Waals surface area contributed by atoms with Gasteiger partial charge in [-0.15, -0.1) is 0 Å². The number of anilines is 1. The Balaban J connectivity index is 1.06. The van der Waals surface area contributed by atoms with Gasteiger partial charge in [0.2, 0.25) is 5.91 Å². The van der Waals surface area contributed by atoms with Crippen molar-refractivity contribution in [2.45, 2.75) is 44.1 Å². The number of nitrogens with zero attached hydrogens (tertiary/aromatic N) is 2. The number of nitrogens with one attached hydrogen (secondary N) is 2. The highest BCUT2D eigenvalue weighted by Gasteiger charge is 2.45. The van der Waals surface area contributed by atoms with Crippen molar-refractivity contribution in [1.82, 2.24) is 15.1 Å². The maximum Gasteiger partial charge on any atom is 0.264 e. The number of amides is 3. The zero-order valence-electron chi connectivity index (χ0n) is 21.3. The van der Waals surface area contributed by atoms with Crippen LogP contribution in [-0.4, -0.2) is 58.0 Å². The van der Waals surface area contributed by atoms with Gasteiger partial charge in [0, 0.05) is 37.8 Å². The van der Waals surface area contributed by atoms with Crippen LogP contribution < -0.4 is 10.6 Å². The standard InChI is InChI=1S/C30H29FN4O4/c31-22-10-8-20(9-11-22)21-16-34(17-21)15-19-6-4-18(5-7-19)14-32-24-3-1-2-23-27(24)30(39)35(29(23)38)25-12-13-26(36)33-28(25)37/h1-11,21,25-26,32,36H,12-17H2,(H,33,37). The molecule has 0 radical (unpaired) electrons. The third kappa shape index (κ3) is 4.91. The molecule has 0 aliphatic carbocycles. The highest BCUT2D eigenvalue weighted by molar-refractivity contribution is 6.25. The number of aliphatic hydroxyl groups is 1. The summed E-state index contributed by atoms with van der Waals surface area (Å²) in [6.45, 7) is 3.20. The minimum Gasteiger partial charge on any atom is -0.380 e. The smallest absolute Gasteiger partial charge is 0.264 e. The Morgan fingerprint density at radius 3 is 2.33 bits per heavy atom. The second-order valence-corrected chi connectivity index (χ2v) is 10.4. The number of hydrogen-bond donors (Lipinski definition) is 3. The third-order valence-electron chi connectivity index (χ3n) is 7.79. The van der Waals surface area contributed by atoms with Crippen molar-refractivity contribution >= 4 is 23.4 Å². The second kappa shape index (κ2) is 10.2. The SMILES string of the molecule is O=C1NC(O)CCC1N1C(=O)c2cccc(NCc3ccc(CN4CC(c5ccc(F)cc5)C4)cc3)c2C1=O. The molecule has 0 aromatic heterocycles. The van der Waals surface area contributed by atoms with Gasteiger partial charge in [0.25, 0.3) is 11.8 Å². The van der Waals surface area contributed by atoms with Gasteiger partial charge in [0.1, 0.15) is 18.1 Å². The number of carbonyl (C=O) groups excluding carboxylic acids is 3. The lowest BCUT2D eigenvalue weighted by molar-refractivity contribution is -0.131. The lowest BCUT2D eigenvalue weighted by Crippen LogP contribution is -2.55. The summed E-state index contributed by atoms with van der Waals surface area (Å²) in [4.78, 5) is 42.1. The van der Waals surface area contributed by atoms with Crippen LogP contribution in [0.5, 0.6) is 0 Å². The predicted octanol–water partition coefficient (Wildman–Crippen LogP) is 3.23. The number of hydrogen-bond acceptors (Lipinski definition) is 6. The summed E-state index contributed by atoms with van der Waals surface area (Å²) in [6, 6.07) is 19.2. The molecule has 200 valence electrons. The zero-order chi connectivity index (χ0) is 27.1. The van der Waals surface area contributed by atoms with Gasteiger partial charge in [-0.1, -0.05) is 42.5 Å². The Morgan fingerprint density at radius 1 is 0.897 bits per heavy atom. The zero-order valence-corrected chi connectivity index (χ0v) is 21.3. The molecule has 3 aromatic rings. The Bertz CT molecular complexity index is 1420. The van der Waals surface area contributed by atoms with Crippen molar-refractivity contribution in [1.29, 1.82) is 0 Å². The first-order valence-electron chi connectivity index (χ1n) is 13.2. The number of halogens is 1. The van der Waals surface area contributed by atoms with E-state index < -0.39 is 30.0 Å². The fraction of sp³-hybridized carbons (Fsp3) is 0.300. The molecule has 2 unspecified atom stereocenters. The van der Waals surface area contributed by atoms with Crippen LogP contribution in [0.2, 0.25) is 0 Å². The van der Waals surface area contributed by atoms with Crippen LogP contribution in [0.4, 0.5) is 10.1 Å². The van der Waals surface area contributed by atoms with Gasteiger partial charge in [-0.2, -0.15) is 0 Å². The summed E-state index contributed by atoms with van der Waals surface area (Å²) in [5, 5.41) is 15.4. The van der Waals surface area contributed by atoms with Crippen LogP contribution in [-0.2, 0) is 17.9 Å². The minimum atomic E-state index is -0.961. The third-order valence-corrected chi connectivity index (χ3v) is 7.79. The minimum absolute atomic E-state index is 0.210.